The first kappa shape index (κ1) is 11.8. The van der Waals surface area contributed by atoms with Gasteiger partial charge in [0.05, 0.1) is 0 Å². The molecule has 0 radical (unpaired) electrons. The van der Waals surface area contributed by atoms with Crippen LogP contribution in [0.25, 0.3) is 0 Å². The van der Waals surface area contributed by atoms with Crippen molar-refractivity contribution in [2.45, 2.75) is 39.9 Å². The van der Waals surface area contributed by atoms with Crippen molar-refractivity contribution in [3.05, 3.63) is 12.2 Å². The molecule has 1 aliphatic heterocycles. The number of hydrogen-bond acceptors (Lipinski definition) is 4. The molecular formula is C11H16O4. The van der Waals surface area contributed by atoms with Crippen LogP contribution < -0.4 is 0 Å². The summed E-state index contributed by atoms with van der Waals surface area (Å²) in [7, 11) is 0. The van der Waals surface area contributed by atoms with Crippen LogP contribution in [-0.2, 0) is 19.1 Å². The lowest BCUT2D eigenvalue weighted by molar-refractivity contribution is -0.159. The molecule has 0 N–H and O–H groups in total. The van der Waals surface area contributed by atoms with Gasteiger partial charge in [-0.15, -0.1) is 0 Å². The van der Waals surface area contributed by atoms with Gasteiger partial charge in [0, 0.05) is 17.6 Å². The molecule has 0 bridgehead atoms. The Labute approximate surface area is 89.2 Å². The highest BCUT2D eigenvalue weighted by atomic mass is 16.6. The Kier molecular flexibility index (Phi) is 3.17. The molecule has 4 heteroatoms. The van der Waals surface area contributed by atoms with E-state index < -0.39 is 17.4 Å². The van der Waals surface area contributed by atoms with Crippen LogP contribution in [0.2, 0.25) is 0 Å². The third-order valence-electron chi connectivity index (χ3n) is 3.04. The molecule has 1 heterocycles. The van der Waals surface area contributed by atoms with Crippen molar-refractivity contribution in [2.24, 2.45) is 5.41 Å². The van der Waals surface area contributed by atoms with E-state index in [9.17, 15) is 9.59 Å². The van der Waals surface area contributed by atoms with Gasteiger partial charge < -0.3 is 9.47 Å². The minimum atomic E-state index is -0.512. The van der Waals surface area contributed by atoms with Gasteiger partial charge in [-0.05, 0) is 13.8 Å². The zero-order chi connectivity index (χ0) is 11.6. The summed E-state index contributed by atoms with van der Waals surface area (Å²) in [5.41, 5.74) is -0.405. The summed E-state index contributed by atoms with van der Waals surface area (Å²) < 4.78 is 10.3. The van der Waals surface area contributed by atoms with Crippen molar-refractivity contribution in [1.29, 1.82) is 0 Å². The van der Waals surface area contributed by atoms with Crippen molar-refractivity contribution < 1.29 is 19.1 Å². The van der Waals surface area contributed by atoms with Crippen LogP contribution in [0.4, 0.5) is 0 Å². The van der Waals surface area contributed by atoms with Gasteiger partial charge in [0.25, 0.3) is 0 Å². The summed E-state index contributed by atoms with van der Waals surface area (Å²) in [5, 5.41) is 0. The summed E-state index contributed by atoms with van der Waals surface area (Å²) in [4.78, 5) is 22.4. The SMILES string of the molecule is CC1OC(=O)/C=C\C(=O)OC(C)C1(C)C. The molecule has 0 amide bonds. The van der Waals surface area contributed by atoms with E-state index in [2.05, 4.69) is 0 Å². The van der Waals surface area contributed by atoms with Crippen molar-refractivity contribution in [3.8, 4) is 0 Å². The van der Waals surface area contributed by atoms with Gasteiger partial charge in [0.15, 0.2) is 0 Å². The van der Waals surface area contributed by atoms with Crippen molar-refractivity contribution in [1.82, 2.24) is 0 Å². The van der Waals surface area contributed by atoms with Crippen LogP contribution >= 0.6 is 0 Å². The molecule has 1 aliphatic rings. The highest BCUT2D eigenvalue weighted by Crippen LogP contribution is 2.30. The lowest BCUT2D eigenvalue weighted by atomic mass is 9.82. The number of carbonyl (C=O) groups is 2. The van der Waals surface area contributed by atoms with Crippen LogP contribution in [0.5, 0.6) is 0 Å². The van der Waals surface area contributed by atoms with Gasteiger partial charge in [-0.1, -0.05) is 13.8 Å². The molecule has 0 saturated heterocycles. The van der Waals surface area contributed by atoms with E-state index in [0.29, 0.717) is 0 Å². The Morgan fingerprint density at radius 1 is 1.00 bits per heavy atom. The smallest absolute Gasteiger partial charge is 0.331 e. The summed E-state index contributed by atoms with van der Waals surface area (Å²) in [6.07, 6.45) is 1.56. The van der Waals surface area contributed by atoms with Crippen LogP contribution in [-0.4, -0.2) is 24.1 Å². The zero-order valence-corrected chi connectivity index (χ0v) is 9.44. The Bertz CT molecular complexity index is 276. The van der Waals surface area contributed by atoms with Crippen LogP contribution in [0.1, 0.15) is 27.7 Å². The molecule has 1 rings (SSSR count). The number of esters is 2. The average Bonchev–Trinajstić information content (AvgIpc) is 2.15. The topological polar surface area (TPSA) is 52.6 Å². The van der Waals surface area contributed by atoms with E-state index in [4.69, 9.17) is 9.47 Å². The first-order valence-corrected chi connectivity index (χ1v) is 4.93. The fourth-order valence-corrected chi connectivity index (χ4v) is 1.20. The van der Waals surface area contributed by atoms with Crippen molar-refractivity contribution in [2.75, 3.05) is 0 Å². The Hall–Kier alpha value is -1.32. The fraction of sp³-hybridized carbons (Fsp3) is 0.636. The van der Waals surface area contributed by atoms with Gasteiger partial charge >= 0.3 is 11.9 Å². The molecule has 2 unspecified atom stereocenters. The molecule has 2 atom stereocenters. The highest BCUT2D eigenvalue weighted by molar-refractivity contribution is 5.92. The number of cyclic esters (lactones) is 2. The molecule has 0 fully saturated rings. The van der Waals surface area contributed by atoms with Crippen LogP contribution in [0.15, 0.2) is 12.2 Å². The normalized spacial score (nSPS) is 33.1. The molecule has 0 saturated carbocycles. The van der Waals surface area contributed by atoms with Gasteiger partial charge in [-0.2, -0.15) is 0 Å². The van der Waals surface area contributed by atoms with E-state index in [1.165, 1.54) is 0 Å². The Balaban J connectivity index is 2.96. The van der Waals surface area contributed by atoms with Gasteiger partial charge in [-0.25, -0.2) is 9.59 Å². The first-order valence-electron chi connectivity index (χ1n) is 4.93. The van der Waals surface area contributed by atoms with Crippen LogP contribution in [0.3, 0.4) is 0 Å². The summed E-state index contributed by atoms with van der Waals surface area (Å²) in [6, 6.07) is 0. The first-order chi connectivity index (χ1) is 6.84. The lowest BCUT2D eigenvalue weighted by Gasteiger charge is -2.35. The van der Waals surface area contributed by atoms with Gasteiger partial charge in [0.2, 0.25) is 0 Å². The van der Waals surface area contributed by atoms with E-state index in [-0.39, 0.29) is 12.2 Å². The molecule has 84 valence electrons. The number of carbonyl (C=O) groups excluding carboxylic acids is 2. The van der Waals surface area contributed by atoms with E-state index in [0.717, 1.165) is 12.2 Å². The van der Waals surface area contributed by atoms with E-state index >= 15 is 0 Å². The number of ether oxygens (including phenoxy) is 2. The largest absolute Gasteiger partial charge is 0.459 e. The maximum atomic E-state index is 11.2. The number of rotatable bonds is 0. The minimum absolute atomic E-state index is 0.310. The van der Waals surface area contributed by atoms with E-state index in [1.54, 1.807) is 13.8 Å². The molecule has 0 aromatic heterocycles. The third-order valence-corrected chi connectivity index (χ3v) is 3.04. The minimum Gasteiger partial charge on any atom is -0.459 e. The molecule has 0 aliphatic carbocycles. The summed E-state index contributed by atoms with van der Waals surface area (Å²) in [5.74, 6) is -1.02. The summed E-state index contributed by atoms with van der Waals surface area (Å²) in [6.45, 7) is 7.38. The van der Waals surface area contributed by atoms with Crippen molar-refractivity contribution in [3.63, 3.8) is 0 Å². The molecule has 4 nitrogen and oxygen atoms in total. The zero-order valence-electron chi connectivity index (χ0n) is 9.44. The second-order valence-electron chi connectivity index (χ2n) is 4.31. The molecule has 0 aromatic carbocycles. The average molecular weight is 212 g/mol. The molecule has 0 aromatic rings. The van der Waals surface area contributed by atoms with Gasteiger partial charge in [-0.3, -0.25) is 0 Å². The number of hydrogen-bond donors (Lipinski definition) is 0. The predicted octanol–water partition coefficient (Wildman–Crippen LogP) is 1.45. The quantitative estimate of drug-likeness (QED) is 0.570. The lowest BCUT2D eigenvalue weighted by Crippen LogP contribution is -2.41. The van der Waals surface area contributed by atoms with Crippen molar-refractivity contribution >= 4 is 11.9 Å². The Morgan fingerprint density at radius 2 is 1.33 bits per heavy atom. The molecular weight excluding hydrogens is 196 g/mol. The molecule has 15 heavy (non-hydrogen) atoms. The third kappa shape index (κ3) is 2.58. The Morgan fingerprint density at radius 3 is 1.67 bits per heavy atom. The summed E-state index contributed by atoms with van der Waals surface area (Å²) >= 11 is 0. The maximum Gasteiger partial charge on any atom is 0.331 e. The monoisotopic (exact) mass is 212 g/mol. The second-order valence-corrected chi connectivity index (χ2v) is 4.31. The second kappa shape index (κ2) is 4.04. The van der Waals surface area contributed by atoms with Crippen LogP contribution in [0, 0.1) is 5.41 Å². The van der Waals surface area contributed by atoms with E-state index in [1.807, 2.05) is 13.8 Å². The predicted molar refractivity (Wildman–Crippen MR) is 54.0 cm³/mol. The standard InChI is InChI=1S/C11H16O4/c1-7-11(3,4)8(2)15-10(13)6-5-9(12)14-7/h5-8H,1-4H3/b6-5-. The highest BCUT2D eigenvalue weighted by Gasteiger charge is 2.37. The maximum absolute atomic E-state index is 11.2. The molecule has 0 spiro atoms. The van der Waals surface area contributed by atoms with Gasteiger partial charge in [0.1, 0.15) is 12.2 Å². The fourth-order valence-electron chi connectivity index (χ4n) is 1.20.